The Morgan fingerprint density at radius 2 is 1.73 bits per heavy atom. The Kier molecular flexibility index (Phi) is 6.04. The molecule has 0 aliphatic heterocycles. The van der Waals surface area contributed by atoms with E-state index in [0.29, 0.717) is 12.5 Å². The molecular weight excluding hydrogens is 279 g/mol. The highest BCUT2D eigenvalue weighted by Crippen LogP contribution is 2.14. The van der Waals surface area contributed by atoms with E-state index in [1.54, 1.807) is 12.4 Å². The van der Waals surface area contributed by atoms with E-state index in [-0.39, 0.29) is 11.9 Å². The van der Waals surface area contributed by atoms with Crippen LogP contribution < -0.4 is 5.32 Å². The lowest BCUT2D eigenvalue weighted by Crippen LogP contribution is -2.38. The van der Waals surface area contributed by atoms with Gasteiger partial charge in [-0.1, -0.05) is 26.0 Å². The Morgan fingerprint density at radius 3 is 2.32 bits per heavy atom. The van der Waals surface area contributed by atoms with Crippen LogP contribution >= 0.6 is 0 Å². The molecule has 0 saturated carbocycles. The second kappa shape index (κ2) is 8.01. The Balaban J connectivity index is 1.93. The van der Waals surface area contributed by atoms with Crippen LogP contribution in [-0.2, 0) is 6.42 Å². The van der Waals surface area contributed by atoms with Gasteiger partial charge in [0, 0.05) is 25.0 Å². The molecule has 1 aromatic heterocycles. The van der Waals surface area contributed by atoms with Gasteiger partial charge >= 0.3 is 0 Å². The van der Waals surface area contributed by atoms with Crippen LogP contribution in [0.5, 0.6) is 0 Å². The summed E-state index contributed by atoms with van der Waals surface area (Å²) in [6.07, 6.45) is 3.60. The smallest absolute Gasteiger partial charge is 0.123 e. The Hall–Kier alpha value is -1.78. The van der Waals surface area contributed by atoms with Crippen molar-refractivity contribution in [2.24, 2.45) is 5.92 Å². The molecule has 1 heterocycles. The highest BCUT2D eigenvalue weighted by Gasteiger charge is 2.16. The normalized spacial score (nSPS) is 14.0. The van der Waals surface area contributed by atoms with Gasteiger partial charge in [-0.3, -0.25) is 4.98 Å². The van der Waals surface area contributed by atoms with Gasteiger partial charge in [-0.25, -0.2) is 4.39 Å². The van der Waals surface area contributed by atoms with Crippen molar-refractivity contribution in [2.45, 2.75) is 32.4 Å². The number of nitrogens with one attached hydrogen (secondary N) is 1. The molecular formula is C18H23FN2O. The number of rotatable bonds is 7. The van der Waals surface area contributed by atoms with Crippen molar-refractivity contribution in [2.75, 3.05) is 6.54 Å². The average molecular weight is 302 g/mol. The van der Waals surface area contributed by atoms with Crippen LogP contribution in [0.4, 0.5) is 4.39 Å². The van der Waals surface area contributed by atoms with Gasteiger partial charge in [0.1, 0.15) is 5.82 Å². The maximum atomic E-state index is 13.0. The van der Waals surface area contributed by atoms with E-state index in [1.165, 1.54) is 12.1 Å². The van der Waals surface area contributed by atoms with Crippen molar-refractivity contribution in [3.05, 3.63) is 65.7 Å². The maximum Gasteiger partial charge on any atom is 0.123 e. The number of pyridine rings is 1. The zero-order valence-electron chi connectivity index (χ0n) is 13.0. The molecule has 3 nitrogen and oxygen atoms in total. The molecule has 2 aromatic rings. The van der Waals surface area contributed by atoms with E-state index in [0.717, 1.165) is 17.5 Å². The first-order valence-corrected chi connectivity index (χ1v) is 7.62. The SMILES string of the molecule is CC(C)C(Cc1ccc(F)cc1)NCC(O)c1ccncc1. The number of benzene rings is 1. The molecule has 2 N–H and O–H groups in total. The van der Waals surface area contributed by atoms with Crippen molar-refractivity contribution >= 4 is 0 Å². The first-order valence-electron chi connectivity index (χ1n) is 7.62. The highest BCUT2D eigenvalue weighted by molar-refractivity contribution is 5.17. The van der Waals surface area contributed by atoms with Crippen molar-refractivity contribution in [1.29, 1.82) is 0 Å². The summed E-state index contributed by atoms with van der Waals surface area (Å²) in [6.45, 7) is 4.76. The molecule has 1 aromatic carbocycles. The molecule has 22 heavy (non-hydrogen) atoms. The summed E-state index contributed by atoms with van der Waals surface area (Å²) in [4.78, 5) is 3.95. The van der Waals surface area contributed by atoms with Gasteiger partial charge in [-0.05, 0) is 47.7 Å². The summed E-state index contributed by atoms with van der Waals surface area (Å²) in [5, 5.41) is 13.6. The predicted molar refractivity (Wildman–Crippen MR) is 85.9 cm³/mol. The molecule has 0 radical (unpaired) electrons. The molecule has 118 valence electrons. The molecule has 0 amide bonds. The average Bonchev–Trinajstić information content (AvgIpc) is 2.53. The van der Waals surface area contributed by atoms with Gasteiger partial charge in [-0.2, -0.15) is 0 Å². The topological polar surface area (TPSA) is 45.1 Å². The largest absolute Gasteiger partial charge is 0.387 e. The third kappa shape index (κ3) is 4.90. The highest BCUT2D eigenvalue weighted by atomic mass is 19.1. The number of nitrogens with zero attached hydrogens (tertiary/aromatic N) is 1. The summed E-state index contributed by atoms with van der Waals surface area (Å²) in [7, 11) is 0. The van der Waals surface area contributed by atoms with Gasteiger partial charge in [0.2, 0.25) is 0 Å². The zero-order chi connectivity index (χ0) is 15.9. The summed E-state index contributed by atoms with van der Waals surface area (Å²) < 4.78 is 13.0. The summed E-state index contributed by atoms with van der Waals surface area (Å²) in [6, 6.07) is 10.4. The van der Waals surface area contributed by atoms with Crippen LogP contribution in [-0.4, -0.2) is 22.7 Å². The van der Waals surface area contributed by atoms with E-state index in [9.17, 15) is 9.50 Å². The van der Waals surface area contributed by atoms with E-state index in [4.69, 9.17) is 0 Å². The molecule has 2 unspecified atom stereocenters. The molecule has 2 rings (SSSR count). The maximum absolute atomic E-state index is 13.0. The predicted octanol–water partition coefficient (Wildman–Crippen LogP) is 3.11. The fraction of sp³-hybridized carbons (Fsp3) is 0.389. The minimum Gasteiger partial charge on any atom is -0.387 e. The van der Waals surface area contributed by atoms with Gasteiger partial charge in [0.25, 0.3) is 0 Å². The van der Waals surface area contributed by atoms with Crippen LogP contribution in [0, 0.1) is 11.7 Å². The van der Waals surface area contributed by atoms with Gasteiger partial charge < -0.3 is 10.4 Å². The molecule has 0 aliphatic rings. The summed E-state index contributed by atoms with van der Waals surface area (Å²) >= 11 is 0. The van der Waals surface area contributed by atoms with Crippen LogP contribution in [0.2, 0.25) is 0 Å². The van der Waals surface area contributed by atoms with E-state index < -0.39 is 6.10 Å². The van der Waals surface area contributed by atoms with E-state index in [2.05, 4.69) is 24.1 Å². The minimum absolute atomic E-state index is 0.217. The van der Waals surface area contributed by atoms with Crippen molar-refractivity contribution in [3.63, 3.8) is 0 Å². The quantitative estimate of drug-likeness (QED) is 0.826. The van der Waals surface area contributed by atoms with Crippen LogP contribution in [0.25, 0.3) is 0 Å². The lowest BCUT2D eigenvalue weighted by atomic mass is 9.96. The van der Waals surface area contributed by atoms with E-state index >= 15 is 0 Å². The van der Waals surface area contributed by atoms with Gasteiger partial charge in [0.15, 0.2) is 0 Å². The third-order valence-corrected chi connectivity index (χ3v) is 3.84. The number of aromatic nitrogens is 1. The molecule has 4 heteroatoms. The Labute approximate surface area is 131 Å². The van der Waals surface area contributed by atoms with Crippen LogP contribution in [0.3, 0.4) is 0 Å². The molecule has 0 saturated heterocycles. The first kappa shape index (κ1) is 16.6. The number of aliphatic hydroxyl groups excluding tert-OH is 1. The first-order chi connectivity index (χ1) is 10.6. The molecule has 0 aliphatic carbocycles. The third-order valence-electron chi connectivity index (χ3n) is 3.84. The number of hydrogen-bond donors (Lipinski definition) is 2. The minimum atomic E-state index is -0.558. The fourth-order valence-electron chi connectivity index (χ4n) is 2.38. The van der Waals surface area contributed by atoms with Crippen LogP contribution in [0.15, 0.2) is 48.8 Å². The van der Waals surface area contributed by atoms with Gasteiger partial charge in [0.05, 0.1) is 6.10 Å². The number of aliphatic hydroxyl groups is 1. The lowest BCUT2D eigenvalue weighted by molar-refractivity contribution is 0.165. The van der Waals surface area contributed by atoms with Crippen molar-refractivity contribution < 1.29 is 9.50 Å². The summed E-state index contributed by atoms with van der Waals surface area (Å²) in [5.74, 6) is 0.195. The second-order valence-electron chi connectivity index (χ2n) is 5.89. The molecule has 0 spiro atoms. The Morgan fingerprint density at radius 1 is 1.09 bits per heavy atom. The monoisotopic (exact) mass is 302 g/mol. The number of hydrogen-bond acceptors (Lipinski definition) is 3. The molecule has 0 bridgehead atoms. The van der Waals surface area contributed by atoms with Crippen molar-refractivity contribution in [3.8, 4) is 0 Å². The second-order valence-corrected chi connectivity index (χ2v) is 5.89. The standard InChI is InChI=1S/C18H23FN2O/c1-13(2)17(11-14-3-5-16(19)6-4-14)21-12-18(22)15-7-9-20-10-8-15/h3-10,13,17-18,21-22H,11-12H2,1-2H3. The van der Waals surface area contributed by atoms with Gasteiger partial charge in [-0.15, -0.1) is 0 Å². The van der Waals surface area contributed by atoms with Crippen LogP contribution in [0.1, 0.15) is 31.1 Å². The molecule has 2 atom stereocenters. The summed E-state index contributed by atoms with van der Waals surface area (Å²) in [5.41, 5.74) is 1.94. The fourth-order valence-corrected chi connectivity index (χ4v) is 2.38. The van der Waals surface area contributed by atoms with E-state index in [1.807, 2.05) is 24.3 Å². The lowest BCUT2D eigenvalue weighted by Gasteiger charge is -2.24. The molecule has 0 fully saturated rings. The Bertz CT molecular complexity index is 557. The van der Waals surface area contributed by atoms with Crippen molar-refractivity contribution in [1.82, 2.24) is 10.3 Å². The zero-order valence-corrected chi connectivity index (χ0v) is 13.0. The number of halogens is 1.